The Balaban J connectivity index is 2.37. The molecule has 0 amide bonds. The molecule has 0 aromatic rings. The second-order valence-electron chi connectivity index (χ2n) is 3.93. The smallest absolute Gasteiger partial charge is 0.112 e. The predicted molar refractivity (Wildman–Crippen MR) is 66.3 cm³/mol. The fraction of sp³-hybridized carbons (Fsp3) is 0.455. The van der Waals surface area contributed by atoms with Crippen LogP contribution in [0.15, 0.2) is 33.5 Å². The fourth-order valence-electron chi connectivity index (χ4n) is 1.99. The quantitative estimate of drug-likeness (QED) is 0.814. The lowest BCUT2D eigenvalue weighted by molar-refractivity contribution is 0.0387. The summed E-state index contributed by atoms with van der Waals surface area (Å²) in [5.41, 5.74) is 6.71. The molecule has 0 spiro atoms. The molecule has 2 rings (SSSR count). The average Bonchev–Trinajstić information content (AvgIpc) is 2.66. The zero-order chi connectivity index (χ0) is 11.8. The molecule has 0 fully saturated rings. The molecule has 1 aliphatic carbocycles. The SMILES string of the molecule is CC1(OCCN)C=CC(Cl)=C2NCC(Cl)=C21. The van der Waals surface area contributed by atoms with E-state index in [1.54, 1.807) is 0 Å². The number of fused-ring (bicyclic) bond motifs is 1. The van der Waals surface area contributed by atoms with Gasteiger partial charge in [0.25, 0.3) is 0 Å². The highest BCUT2D eigenvalue weighted by Gasteiger charge is 2.38. The monoisotopic (exact) mass is 260 g/mol. The summed E-state index contributed by atoms with van der Waals surface area (Å²) >= 11 is 12.3. The molecule has 5 heteroatoms. The van der Waals surface area contributed by atoms with Crippen LogP contribution in [0.25, 0.3) is 0 Å². The zero-order valence-electron chi connectivity index (χ0n) is 9.02. The van der Waals surface area contributed by atoms with Gasteiger partial charge in [0.2, 0.25) is 0 Å². The molecule has 1 aliphatic heterocycles. The Labute approximate surface area is 105 Å². The minimum atomic E-state index is -0.534. The molecule has 1 atom stereocenters. The van der Waals surface area contributed by atoms with Crippen molar-refractivity contribution in [1.82, 2.24) is 5.32 Å². The maximum atomic E-state index is 6.19. The molecule has 3 N–H and O–H groups in total. The van der Waals surface area contributed by atoms with Crippen molar-refractivity contribution in [3.63, 3.8) is 0 Å². The van der Waals surface area contributed by atoms with Gasteiger partial charge >= 0.3 is 0 Å². The second kappa shape index (κ2) is 4.41. The van der Waals surface area contributed by atoms with Crippen LogP contribution >= 0.6 is 23.2 Å². The van der Waals surface area contributed by atoms with Crippen LogP contribution in [0.3, 0.4) is 0 Å². The molecule has 0 aromatic carbocycles. The number of hydrogen-bond acceptors (Lipinski definition) is 3. The van der Waals surface area contributed by atoms with E-state index < -0.39 is 5.60 Å². The van der Waals surface area contributed by atoms with Gasteiger partial charge in [0.05, 0.1) is 23.9 Å². The van der Waals surface area contributed by atoms with Crippen molar-refractivity contribution < 1.29 is 4.74 Å². The Morgan fingerprint density at radius 3 is 3.00 bits per heavy atom. The molecule has 1 heterocycles. The highest BCUT2D eigenvalue weighted by atomic mass is 35.5. The molecule has 2 aliphatic rings. The highest BCUT2D eigenvalue weighted by Crippen LogP contribution is 2.41. The van der Waals surface area contributed by atoms with Crippen molar-refractivity contribution >= 4 is 23.2 Å². The van der Waals surface area contributed by atoms with Crippen molar-refractivity contribution in [3.05, 3.63) is 33.5 Å². The molecule has 0 saturated heterocycles. The highest BCUT2D eigenvalue weighted by molar-refractivity contribution is 6.34. The Morgan fingerprint density at radius 2 is 2.31 bits per heavy atom. The van der Waals surface area contributed by atoms with Crippen molar-refractivity contribution in [2.24, 2.45) is 5.73 Å². The van der Waals surface area contributed by atoms with Gasteiger partial charge < -0.3 is 15.8 Å². The molecule has 16 heavy (non-hydrogen) atoms. The van der Waals surface area contributed by atoms with Gasteiger partial charge in [-0.1, -0.05) is 23.2 Å². The maximum absolute atomic E-state index is 6.19. The zero-order valence-corrected chi connectivity index (χ0v) is 10.5. The first kappa shape index (κ1) is 12.0. The Morgan fingerprint density at radius 1 is 1.56 bits per heavy atom. The number of halogens is 2. The van der Waals surface area contributed by atoms with Gasteiger partial charge in [-0.3, -0.25) is 0 Å². The van der Waals surface area contributed by atoms with E-state index >= 15 is 0 Å². The summed E-state index contributed by atoms with van der Waals surface area (Å²) in [4.78, 5) is 0. The largest absolute Gasteiger partial charge is 0.378 e. The van der Waals surface area contributed by atoms with Crippen LogP contribution in [-0.4, -0.2) is 25.3 Å². The van der Waals surface area contributed by atoms with Crippen LogP contribution in [0.4, 0.5) is 0 Å². The lowest BCUT2D eigenvalue weighted by Crippen LogP contribution is -2.34. The van der Waals surface area contributed by atoms with E-state index in [1.807, 2.05) is 19.1 Å². The van der Waals surface area contributed by atoms with E-state index in [-0.39, 0.29) is 0 Å². The third-order valence-corrected chi connectivity index (χ3v) is 3.38. The number of hydrogen-bond donors (Lipinski definition) is 2. The van der Waals surface area contributed by atoms with Crippen molar-refractivity contribution in [1.29, 1.82) is 0 Å². The first-order valence-electron chi connectivity index (χ1n) is 5.15. The minimum Gasteiger partial charge on any atom is -0.378 e. The third kappa shape index (κ3) is 1.89. The van der Waals surface area contributed by atoms with Gasteiger partial charge in [-0.05, 0) is 19.1 Å². The van der Waals surface area contributed by atoms with E-state index in [0.29, 0.717) is 24.7 Å². The van der Waals surface area contributed by atoms with Crippen molar-refractivity contribution in [3.8, 4) is 0 Å². The van der Waals surface area contributed by atoms with Crippen molar-refractivity contribution in [2.75, 3.05) is 19.7 Å². The third-order valence-electron chi connectivity index (χ3n) is 2.74. The van der Waals surface area contributed by atoms with Crippen LogP contribution in [0, 0.1) is 0 Å². The van der Waals surface area contributed by atoms with Gasteiger partial charge in [-0.25, -0.2) is 0 Å². The van der Waals surface area contributed by atoms with Gasteiger partial charge in [0.15, 0.2) is 0 Å². The van der Waals surface area contributed by atoms with Crippen LogP contribution in [0.2, 0.25) is 0 Å². The summed E-state index contributed by atoms with van der Waals surface area (Å²) in [6.07, 6.45) is 3.75. The first-order valence-corrected chi connectivity index (χ1v) is 5.90. The topological polar surface area (TPSA) is 47.3 Å². The van der Waals surface area contributed by atoms with Gasteiger partial charge in [-0.15, -0.1) is 0 Å². The Kier molecular flexibility index (Phi) is 3.31. The fourth-order valence-corrected chi connectivity index (χ4v) is 2.56. The lowest BCUT2D eigenvalue weighted by Gasteiger charge is -2.32. The first-order chi connectivity index (χ1) is 7.58. The van der Waals surface area contributed by atoms with Gasteiger partial charge in [0, 0.05) is 17.2 Å². The molecule has 0 bridgehead atoms. The Bertz CT molecular complexity index is 401. The summed E-state index contributed by atoms with van der Waals surface area (Å²) in [5, 5.41) is 4.58. The van der Waals surface area contributed by atoms with E-state index in [4.69, 9.17) is 33.7 Å². The lowest BCUT2D eigenvalue weighted by atomic mass is 9.89. The summed E-state index contributed by atoms with van der Waals surface area (Å²) in [7, 11) is 0. The summed E-state index contributed by atoms with van der Waals surface area (Å²) in [6.45, 7) is 3.53. The summed E-state index contributed by atoms with van der Waals surface area (Å²) < 4.78 is 5.77. The molecule has 1 unspecified atom stereocenters. The number of nitrogens with one attached hydrogen (secondary N) is 1. The van der Waals surface area contributed by atoms with Crippen LogP contribution in [-0.2, 0) is 4.74 Å². The van der Waals surface area contributed by atoms with Crippen LogP contribution in [0.5, 0.6) is 0 Å². The van der Waals surface area contributed by atoms with E-state index in [9.17, 15) is 0 Å². The molecule has 0 radical (unpaired) electrons. The average molecular weight is 261 g/mol. The van der Waals surface area contributed by atoms with E-state index in [2.05, 4.69) is 5.32 Å². The van der Waals surface area contributed by atoms with Crippen LogP contribution < -0.4 is 11.1 Å². The van der Waals surface area contributed by atoms with Crippen molar-refractivity contribution in [2.45, 2.75) is 12.5 Å². The molecule has 3 nitrogen and oxygen atoms in total. The molecule has 88 valence electrons. The molecular formula is C11H14Cl2N2O. The summed E-state index contributed by atoms with van der Waals surface area (Å²) in [5.74, 6) is 0. The minimum absolute atomic E-state index is 0.481. The number of nitrogens with two attached hydrogens (primary N) is 1. The van der Waals surface area contributed by atoms with E-state index in [1.165, 1.54) is 0 Å². The number of rotatable bonds is 3. The number of allylic oxidation sites excluding steroid dienone is 2. The number of ether oxygens (including phenoxy) is 1. The molecular weight excluding hydrogens is 247 g/mol. The Hall–Kier alpha value is -0.480. The predicted octanol–water partition coefficient (Wildman–Crippen LogP) is 1.84. The standard InChI is InChI=1S/C11H14Cl2N2O/c1-11(16-5-4-14)3-2-7(12)10-9(11)8(13)6-15-10/h2-3,15H,4-6,14H2,1H3. The van der Waals surface area contributed by atoms with Gasteiger partial charge in [-0.2, -0.15) is 0 Å². The normalized spacial score (nSPS) is 28.5. The summed E-state index contributed by atoms with van der Waals surface area (Å²) in [6, 6.07) is 0. The molecule has 0 saturated carbocycles. The van der Waals surface area contributed by atoms with Gasteiger partial charge in [0.1, 0.15) is 5.60 Å². The maximum Gasteiger partial charge on any atom is 0.112 e. The van der Waals surface area contributed by atoms with Crippen LogP contribution in [0.1, 0.15) is 6.92 Å². The van der Waals surface area contributed by atoms with E-state index in [0.717, 1.165) is 16.3 Å². The second-order valence-corrected chi connectivity index (χ2v) is 4.80. The molecule has 0 aromatic heterocycles.